The van der Waals surface area contributed by atoms with Crippen LogP contribution < -0.4 is 4.74 Å². The average Bonchev–Trinajstić information content (AvgIpc) is 2.25. The van der Waals surface area contributed by atoms with Crippen LogP contribution in [0.1, 0.15) is 11.1 Å². The highest BCUT2D eigenvalue weighted by molar-refractivity contribution is 5.40. The molecule has 2 nitrogen and oxygen atoms in total. The van der Waals surface area contributed by atoms with Gasteiger partial charge in [-0.25, -0.2) is 0 Å². The maximum absolute atomic E-state index is 9.16. The molecular formula is C14H14O2. The number of rotatable bonds is 2. The molecule has 0 bridgehead atoms. The first-order valence-electron chi connectivity index (χ1n) is 5.19. The SMILES string of the molecule is Cc1ccc(Oc2ccc(O)cc2)c(C)c1. The highest BCUT2D eigenvalue weighted by Crippen LogP contribution is 2.26. The molecule has 2 aromatic carbocycles. The molecule has 0 aromatic heterocycles. The van der Waals surface area contributed by atoms with Crippen LogP contribution in [0.3, 0.4) is 0 Å². The van der Waals surface area contributed by atoms with E-state index < -0.39 is 0 Å². The lowest BCUT2D eigenvalue weighted by Crippen LogP contribution is -1.87. The fourth-order valence-electron chi connectivity index (χ4n) is 1.55. The molecule has 0 amide bonds. The number of benzene rings is 2. The van der Waals surface area contributed by atoms with Crippen molar-refractivity contribution in [3.05, 3.63) is 53.6 Å². The van der Waals surface area contributed by atoms with Gasteiger partial charge in [-0.3, -0.25) is 0 Å². The molecular weight excluding hydrogens is 200 g/mol. The van der Waals surface area contributed by atoms with Gasteiger partial charge in [-0.2, -0.15) is 0 Å². The van der Waals surface area contributed by atoms with Crippen molar-refractivity contribution in [1.29, 1.82) is 0 Å². The number of hydrogen-bond donors (Lipinski definition) is 1. The predicted octanol–water partition coefficient (Wildman–Crippen LogP) is 3.80. The molecule has 0 aliphatic rings. The summed E-state index contributed by atoms with van der Waals surface area (Å²) in [4.78, 5) is 0. The van der Waals surface area contributed by atoms with E-state index >= 15 is 0 Å². The first kappa shape index (κ1) is 10.6. The van der Waals surface area contributed by atoms with Crippen LogP contribution >= 0.6 is 0 Å². The van der Waals surface area contributed by atoms with E-state index in [9.17, 15) is 0 Å². The molecule has 0 atom stereocenters. The van der Waals surface area contributed by atoms with Gasteiger partial charge in [0, 0.05) is 0 Å². The third-order valence-electron chi connectivity index (χ3n) is 2.39. The second kappa shape index (κ2) is 4.27. The number of phenols is 1. The summed E-state index contributed by atoms with van der Waals surface area (Å²) in [6.07, 6.45) is 0. The average molecular weight is 214 g/mol. The Hall–Kier alpha value is -1.96. The number of aryl methyl sites for hydroxylation is 2. The smallest absolute Gasteiger partial charge is 0.130 e. The standard InChI is InChI=1S/C14H14O2/c1-10-3-8-14(11(2)9-10)16-13-6-4-12(15)5-7-13/h3-9,15H,1-2H3. The van der Waals surface area contributed by atoms with Crippen molar-refractivity contribution in [3.63, 3.8) is 0 Å². The summed E-state index contributed by atoms with van der Waals surface area (Å²) in [5.41, 5.74) is 2.32. The van der Waals surface area contributed by atoms with E-state index in [0.717, 1.165) is 17.1 Å². The third kappa shape index (κ3) is 2.34. The van der Waals surface area contributed by atoms with Crippen LogP contribution in [-0.4, -0.2) is 5.11 Å². The van der Waals surface area contributed by atoms with Crippen LogP contribution in [0.5, 0.6) is 17.2 Å². The minimum Gasteiger partial charge on any atom is -0.508 e. The lowest BCUT2D eigenvalue weighted by molar-refractivity contribution is 0.463. The Morgan fingerprint density at radius 1 is 0.938 bits per heavy atom. The fourth-order valence-corrected chi connectivity index (χ4v) is 1.55. The summed E-state index contributed by atoms with van der Waals surface area (Å²) in [6.45, 7) is 4.07. The largest absolute Gasteiger partial charge is 0.508 e. The lowest BCUT2D eigenvalue weighted by atomic mass is 10.1. The molecule has 0 aliphatic carbocycles. The number of aromatic hydroxyl groups is 1. The van der Waals surface area contributed by atoms with Gasteiger partial charge in [-0.1, -0.05) is 17.7 Å². The Morgan fingerprint density at radius 2 is 1.62 bits per heavy atom. The molecule has 0 spiro atoms. The van der Waals surface area contributed by atoms with Gasteiger partial charge in [0.2, 0.25) is 0 Å². The summed E-state index contributed by atoms with van der Waals surface area (Å²) < 4.78 is 5.71. The van der Waals surface area contributed by atoms with E-state index in [2.05, 4.69) is 13.0 Å². The van der Waals surface area contributed by atoms with Gasteiger partial charge >= 0.3 is 0 Å². The van der Waals surface area contributed by atoms with Crippen molar-refractivity contribution < 1.29 is 9.84 Å². The molecule has 2 aromatic rings. The van der Waals surface area contributed by atoms with Crippen LogP contribution in [0.2, 0.25) is 0 Å². The summed E-state index contributed by atoms with van der Waals surface area (Å²) >= 11 is 0. The number of ether oxygens (including phenoxy) is 1. The van der Waals surface area contributed by atoms with Gasteiger partial charge < -0.3 is 9.84 Å². The molecule has 0 saturated carbocycles. The summed E-state index contributed by atoms with van der Waals surface area (Å²) in [7, 11) is 0. The van der Waals surface area contributed by atoms with Crippen LogP contribution in [0.25, 0.3) is 0 Å². The Bertz CT molecular complexity index is 487. The van der Waals surface area contributed by atoms with Crippen molar-refractivity contribution in [2.75, 3.05) is 0 Å². The number of phenolic OH excluding ortho intramolecular Hbond substituents is 1. The van der Waals surface area contributed by atoms with E-state index in [1.54, 1.807) is 24.3 Å². The molecule has 82 valence electrons. The first-order valence-corrected chi connectivity index (χ1v) is 5.19. The third-order valence-corrected chi connectivity index (χ3v) is 2.39. The van der Waals surface area contributed by atoms with Gasteiger partial charge in [-0.05, 0) is 49.7 Å². The second-order valence-electron chi connectivity index (χ2n) is 3.86. The Kier molecular flexibility index (Phi) is 2.82. The van der Waals surface area contributed by atoms with Crippen LogP contribution in [0, 0.1) is 13.8 Å². The summed E-state index contributed by atoms with van der Waals surface area (Å²) in [5.74, 6) is 1.81. The highest BCUT2D eigenvalue weighted by atomic mass is 16.5. The zero-order chi connectivity index (χ0) is 11.5. The first-order chi connectivity index (χ1) is 7.65. The van der Waals surface area contributed by atoms with E-state index in [0.29, 0.717) is 0 Å². The second-order valence-corrected chi connectivity index (χ2v) is 3.86. The van der Waals surface area contributed by atoms with E-state index in [1.165, 1.54) is 5.56 Å². The van der Waals surface area contributed by atoms with Crippen LogP contribution in [-0.2, 0) is 0 Å². The van der Waals surface area contributed by atoms with Gasteiger partial charge in [0.15, 0.2) is 0 Å². The normalized spacial score (nSPS) is 10.1. The highest BCUT2D eigenvalue weighted by Gasteiger charge is 2.01. The van der Waals surface area contributed by atoms with E-state index in [1.807, 2.05) is 19.1 Å². The van der Waals surface area contributed by atoms with Gasteiger partial charge in [-0.15, -0.1) is 0 Å². The molecule has 0 fully saturated rings. The van der Waals surface area contributed by atoms with Gasteiger partial charge in [0.25, 0.3) is 0 Å². The topological polar surface area (TPSA) is 29.5 Å². The van der Waals surface area contributed by atoms with E-state index in [4.69, 9.17) is 9.84 Å². The maximum atomic E-state index is 9.16. The van der Waals surface area contributed by atoms with E-state index in [-0.39, 0.29) is 5.75 Å². The van der Waals surface area contributed by atoms with Crippen molar-refractivity contribution in [3.8, 4) is 17.2 Å². The zero-order valence-corrected chi connectivity index (χ0v) is 9.40. The maximum Gasteiger partial charge on any atom is 0.130 e. The predicted molar refractivity (Wildman–Crippen MR) is 64.1 cm³/mol. The van der Waals surface area contributed by atoms with Gasteiger partial charge in [0.05, 0.1) is 0 Å². The minimum absolute atomic E-state index is 0.243. The molecule has 2 rings (SSSR count). The molecule has 0 aliphatic heterocycles. The molecule has 0 unspecified atom stereocenters. The fraction of sp³-hybridized carbons (Fsp3) is 0.143. The summed E-state index contributed by atoms with van der Waals surface area (Å²) in [6, 6.07) is 12.8. The van der Waals surface area contributed by atoms with Crippen molar-refractivity contribution >= 4 is 0 Å². The van der Waals surface area contributed by atoms with Crippen LogP contribution in [0.4, 0.5) is 0 Å². The molecule has 0 saturated heterocycles. The van der Waals surface area contributed by atoms with Crippen molar-refractivity contribution in [2.45, 2.75) is 13.8 Å². The molecule has 0 heterocycles. The number of hydrogen-bond acceptors (Lipinski definition) is 2. The van der Waals surface area contributed by atoms with Crippen LogP contribution in [0.15, 0.2) is 42.5 Å². The summed E-state index contributed by atoms with van der Waals surface area (Å²) in [5, 5.41) is 9.16. The molecule has 1 N–H and O–H groups in total. The molecule has 2 heteroatoms. The quantitative estimate of drug-likeness (QED) is 0.823. The Labute approximate surface area is 95.1 Å². The zero-order valence-electron chi connectivity index (χ0n) is 9.40. The van der Waals surface area contributed by atoms with Crippen molar-refractivity contribution in [1.82, 2.24) is 0 Å². The van der Waals surface area contributed by atoms with Crippen molar-refractivity contribution in [2.24, 2.45) is 0 Å². The molecule has 16 heavy (non-hydrogen) atoms. The monoisotopic (exact) mass is 214 g/mol. The van der Waals surface area contributed by atoms with Gasteiger partial charge in [0.1, 0.15) is 17.2 Å². The Morgan fingerprint density at radius 3 is 2.25 bits per heavy atom. The Balaban J connectivity index is 2.23. The minimum atomic E-state index is 0.243. The molecule has 0 radical (unpaired) electrons. The lowest BCUT2D eigenvalue weighted by Gasteiger charge is -2.09.